The van der Waals surface area contributed by atoms with Crippen LogP contribution >= 0.6 is 0 Å². The zero-order valence-electron chi connectivity index (χ0n) is 14.0. The molecule has 1 heterocycles. The van der Waals surface area contributed by atoms with Crippen LogP contribution in [0.3, 0.4) is 0 Å². The molecular weight excluding hydrogens is 312 g/mol. The van der Waals surface area contributed by atoms with Gasteiger partial charge in [-0.15, -0.1) is 0 Å². The van der Waals surface area contributed by atoms with E-state index in [1.165, 1.54) is 0 Å². The van der Waals surface area contributed by atoms with Gasteiger partial charge in [-0.1, -0.05) is 91.0 Å². The number of benzene rings is 3. The van der Waals surface area contributed by atoms with Crippen molar-refractivity contribution in [3.8, 4) is 0 Å². The zero-order valence-corrected chi connectivity index (χ0v) is 14.0. The monoisotopic (exact) mass is 332 g/mol. The Bertz CT molecular complexity index is 763. The number of hydrogen-bond acceptors (Lipinski definition) is 3. The second-order valence-electron chi connectivity index (χ2n) is 6.04. The molecule has 0 radical (unpaired) electrons. The van der Waals surface area contributed by atoms with Crippen molar-refractivity contribution in [3.05, 3.63) is 108 Å². The molecule has 1 aliphatic heterocycles. The molecule has 0 amide bonds. The van der Waals surface area contributed by atoms with Gasteiger partial charge >= 0.3 is 0 Å². The van der Waals surface area contributed by atoms with Gasteiger partial charge in [-0.25, -0.2) is 0 Å². The van der Waals surface area contributed by atoms with E-state index in [9.17, 15) is 0 Å². The summed E-state index contributed by atoms with van der Waals surface area (Å²) in [6, 6.07) is 30.5. The summed E-state index contributed by atoms with van der Waals surface area (Å²) in [5.41, 5.74) is 2.35. The Balaban J connectivity index is 1.94. The minimum atomic E-state index is -0.773. The maximum Gasteiger partial charge on any atom is 0.273 e. The van der Waals surface area contributed by atoms with E-state index in [2.05, 4.69) is 36.4 Å². The summed E-state index contributed by atoms with van der Waals surface area (Å²) in [4.78, 5) is 0. The topological polar surface area (TPSA) is 27.7 Å². The first-order chi connectivity index (χ1) is 12.3. The summed E-state index contributed by atoms with van der Waals surface area (Å²) in [5, 5.41) is 0. The molecule has 0 saturated carbocycles. The third-order valence-electron chi connectivity index (χ3n) is 4.60. The van der Waals surface area contributed by atoms with Crippen molar-refractivity contribution in [1.29, 1.82) is 0 Å². The Morgan fingerprint density at radius 2 is 1.20 bits per heavy atom. The molecule has 0 bridgehead atoms. The van der Waals surface area contributed by atoms with Gasteiger partial charge in [-0.2, -0.15) is 0 Å². The molecule has 0 spiro atoms. The zero-order chi connectivity index (χ0) is 17.1. The number of methoxy groups -OCH3 is 1. The van der Waals surface area contributed by atoms with Gasteiger partial charge in [-0.3, -0.25) is 0 Å². The Kier molecular flexibility index (Phi) is 4.36. The first-order valence-corrected chi connectivity index (χ1v) is 8.36. The quantitative estimate of drug-likeness (QED) is 0.696. The van der Waals surface area contributed by atoms with Crippen LogP contribution < -0.4 is 0 Å². The first-order valence-electron chi connectivity index (χ1n) is 8.36. The van der Waals surface area contributed by atoms with Crippen molar-refractivity contribution < 1.29 is 14.2 Å². The Labute approximate surface area is 147 Å². The molecule has 126 valence electrons. The van der Waals surface area contributed by atoms with Gasteiger partial charge in [0.2, 0.25) is 0 Å². The van der Waals surface area contributed by atoms with E-state index in [-0.39, 0.29) is 6.10 Å². The predicted molar refractivity (Wildman–Crippen MR) is 95.8 cm³/mol. The molecule has 3 heteroatoms. The minimum Gasteiger partial charge on any atom is -0.333 e. The summed E-state index contributed by atoms with van der Waals surface area (Å²) in [6.45, 7) is -0.731. The van der Waals surface area contributed by atoms with E-state index in [1.807, 2.05) is 54.6 Å². The van der Waals surface area contributed by atoms with Crippen LogP contribution in [-0.4, -0.2) is 13.6 Å². The van der Waals surface area contributed by atoms with E-state index in [1.54, 1.807) is 7.11 Å². The molecule has 0 aliphatic carbocycles. The van der Waals surface area contributed by atoms with Crippen LogP contribution in [0, 0.1) is 0 Å². The van der Waals surface area contributed by atoms with Crippen molar-refractivity contribution in [2.24, 2.45) is 0 Å². The summed E-state index contributed by atoms with van der Waals surface area (Å²) < 4.78 is 18.0. The van der Waals surface area contributed by atoms with Gasteiger partial charge in [0.05, 0.1) is 0 Å². The molecule has 3 aromatic carbocycles. The number of rotatable bonds is 4. The van der Waals surface area contributed by atoms with E-state index in [4.69, 9.17) is 14.2 Å². The van der Waals surface area contributed by atoms with Gasteiger partial charge in [0.25, 0.3) is 6.48 Å². The van der Waals surface area contributed by atoms with Crippen molar-refractivity contribution in [2.75, 3.05) is 7.11 Å². The molecule has 0 aromatic heterocycles. The van der Waals surface area contributed by atoms with Gasteiger partial charge in [-0.05, 0) is 16.7 Å². The fourth-order valence-electron chi connectivity index (χ4n) is 3.47. The highest BCUT2D eigenvalue weighted by atomic mass is 16.9. The molecular formula is C22H20O3. The lowest BCUT2D eigenvalue weighted by Gasteiger charge is -2.33. The Hall–Kier alpha value is -2.46. The fourth-order valence-corrected chi connectivity index (χ4v) is 3.47. The standard InChI is InChI=1S/C22H20O3/c1-23-21-24-20(17-11-5-2-6-12-17)22(25-21,18-13-7-3-8-14-18)19-15-9-4-10-16-19/h2-16,20-21H,1H3. The third-order valence-corrected chi connectivity index (χ3v) is 4.60. The third kappa shape index (κ3) is 2.76. The van der Waals surface area contributed by atoms with Gasteiger partial charge in [0.1, 0.15) is 6.10 Å². The second kappa shape index (κ2) is 6.81. The van der Waals surface area contributed by atoms with Crippen LogP contribution in [0.4, 0.5) is 0 Å². The molecule has 2 unspecified atom stereocenters. The Morgan fingerprint density at radius 3 is 1.68 bits per heavy atom. The molecule has 3 aromatic rings. The normalized spacial score (nSPS) is 22.0. The van der Waals surface area contributed by atoms with E-state index < -0.39 is 12.1 Å². The Morgan fingerprint density at radius 1 is 0.720 bits per heavy atom. The lowest BCUT2D eigenvalue weighted by atomic mass is 9.79. The van der Waals surface area contributed by atoms with Gasteiger partial charge in [0.15, 0.2) is 5.60 Å². The smallest absolute Gasteiger partial charge is 0.273 e. The summed E-state index contributed by atoms with van der Waals surface area (Å²) in [7, 11) is 1.60. The van der Waals surface area contributed by atoms with E-state index in [0.717, 1.165) is 16.7 Å². The van der Waals surface area contributed by atoms with Crippen LogP contribution in [0.5, 0.6) is 0 Å². The summed E-state index contributed by atoms with van der Waals surface area (Å²) >= 11 is 0. The van der Waals surface area contributed by atoms with Gasteiger partial charge < -0.3 is 14.2 Å². The van der Waals surface area contributed by atoms with Crippen molar-refractivity contribution >= 4 is 0 Å². The van der Waals surface area contributed by atoms with Crippen molar-refractivity contribution in [3.63, 3.8) is 0 Å². The average Bonchev–Trinajstić information content (AvgIpc) is 3.11. The molecule has 0 N–H and O–H groups in total. The highest BCUT2D eigenvalue weighted by Gasteiger charge is 2.53. The molecule has 4 rings (SSSR count). The number of ether oxygens (including phenoxy) is 3. The maximum atomic E-state index is 6.39. The largest absolute Gasteiger partial charge is 0.333 e. The minimum absolute atomic E-state index is 0.316. The summed E-state index contributed by atoms with van der Waals surface area (Å²) in [5.74, 6) is 0. The molecule has 2 atom stereocenters. The van der Waals surface area contributed by atoms with Crippen LogP contribution in [-0.2, 0) is 19.8 Å². The predicted octanol–water partition coefficient (Wildman–Crippen LogP) is 4.65. The molecule has 1 saturated heterocycles. The van der Waals surface area contributed by atoms with Gasteiger partial charge in [0, 0.05) is 7.11 Å². The second-order valence-corrected chi connectivity index (χ2v) is 6.04. The van der Waals surface area contributed by atoms with Crippen LogP contribution in [0.15, 0.2) is 91.0 Å². The van der Waals surface area contributed by atoms with Crippen LogP contribution in [0.1, 0.15) is 22.8 Å². The summed E-state index contributed by atoms with van der Waals surface area (Å²) in [6.07, 6.45) is -0.316. The molecule has 25 heavy (non-hydrogen) atoms. The lowest BCUT2D eigenvalue weighted by molar-refractivity contribution is -0.236. The lowest BCUT2D eigenvalue weighted by Crippen LogP contribution is -2.33. The average molecular weight is 332 g/mol. The van der Waals surface area contributed by atoms with Crippen LogP contribution in [0.25, 0.3) is 0 Å². The molecule has 1 aliphatic rings. The van der Waals surface area contributed by atoms with Crippen molar-refractivity contribution in [2.45, 2.75) is 18.2 Å². The van der Waals surface area contributed by atoms with Crippen molar-refractivity contribution in [1.82, 2.24) is 0 Å². The maximum absolute atomic E-state index is 6.39. The highest BCUT2D eigenvalue weighted by molar-refractivity contribution is 5.42. The SMILES string of the molecule is COC1OC(c2ccccc2)C(c2ccccc2)(c2ccccc2)O1. The fraction of sp³-hybridized carbons (Fsp3) is 0.182. The molecule has 1 fully saturated rings. The van der Waals surface area contributed by atoms with E-state index in [0.29, 0.717) is 0 Å². The number of hydrogen-bond donors (Lipinski definition) is 0. The molecule has 3 nitrogen and oxygen atoms in total. The highest BCUT2D eigenvalue weighted by Crippen LogP contribution is 2.52. The first kappa shape index (κ1) is 16.0. The van der Waals surface area contributed by atoms with E-state index >= 15 is 0 Å². The van der Waals surface area contributed by atoms with Crippen LogP contribution in [0.2, 0.25) is 0 Å².